The number of benzene rings is 1. The molecule has 0 amide bonds. The first-order chi connectivity index (χ1) is 9.40. The van der Waals surface area contributed by atoms with Crippen molar-refractivity contribution in [1.29, 1.82) is 0 Å². The molecule has 20 heavy (non-hydrogen) atoms. The van der Waals surface area contributed by atoms with Gasteiger partial charge >= 0.3 is 0 Å². The van der Waals surface area contributed by atoms with E-state index in [4.69, 9.17) is 4.74 Å². The first-order valence-corrected chi connectivity index (χ1v) is 8.48. The van der Waals surface area contributed by atoms with Crippen LogP contribution < -0.4 is 0 Å². The average Bonchev–Trinajstić information content (AvgIpc) is 2.92. The van der Waals surface area contributed by atoms with Gasteiger partial charge in [0.2, 0.25) is 0 Å². The SMILES string of the molecule is CC(C)c1ccc(S(=O)(=O)CC(=O)C2CCOC2)cc1. The molecule has 1 aliphatic heterocycles. The van der Waals surface area contributed by atoms with Crippen molar-refractivity contribution in [3.8, 4) is 0 Å². The molecule has 1 fully saturated rings. The van der Waals surface area contributed by atoms with Crippen LogP contribution in [0.2, 0.25) is 0 Å². The first-order valence-electron chi connectivity index (χ1n) is 6.83. The molecule has 1 unspecified atom stereocenters. The van der Waals surface area contributed by atoms with Crippen LogP contribution in [-0.4, -0.2) is 33.2 Å². The van der Waals surface area contributed by atoms with Crippen molar-refractivity contribution in [2.75, 3.05) is 19.0 Å². The Labute approximate surface area is 120 Å². The van der Waals surface area contributed by atoms with Crippen molar-refractivity contribution >= 4 is 15.6 Å². The number of rotatable bonds is 5. The predicted octanol–water partition coefficient (Wildman–Crippen LogP) is 2.19. The van der Waals surface area contributed by atoms with E-state index in [2.05, 4.69) is 0 Å². The number of sulfone groups is 1. The first kappa shape index (κ1) is 15.2. The summed E-state index contributed by atoms with van der Waals surface area (Å²) in [6.45, 7) is 4.99. The highest BCUT2D eigenvalue weighted by Gasteiger charge is 2.28. The lowest BCUT2D eigenvalue weighted by molar-refractivity contribution is -0.120. The van der Waals surface area contributed by atoms with E-state index in [0.29, 0.717) is 25.6 Å². The second-order valence-corrected chi connectivity index (χ2v) is 7.50. The quantitative estimate of drug-likeness (QED) is 0.835. The molecule has 1 atom stereocenters. The average molecular weight is 296 g/mol. The minimum Gasteiger partial charge on any atom is -0.381 e. The second kappa shape index (κ2) is 6.06. The highest BCUT2D eigenvalue weighted by atomic mass is 32.2. The zero-order valence-electron chi connectivity index (χ0n) is 11.8. The minimum absolute atomic E-state index is 0.217. The lowest BCUT2D eigenvalue weighted by atomic mass is 10.0. The fraction of sp³-hybridized carbons (Fsp3) is 0.533. The molecule has 0 aromatic heterocycles. The third-order valence-electron chi connectivity index (χ3n) is 3.62. The molecular weight excluding hydrogens is 276 g/mol. The molecule has 0 saturated carbocycles. The Morgan fingerprint density at radius 1 is 1.30 bits per heavy atom. The largest absolute Gasteiger partial charge is 0.381 e. The molecule has 5 heteroatoms. The van der Waals surface area contributed by atoms with Gasteiger partial charge in [-0.05, 0) is 30.0 Å². The van der Waals surface area contributed by atoms with E-state index < -0.39 is 15.6 Å². The van der Waals surface area contributed by atoms with E-state index in [-0.39, 0.29) is 16.6 Å². The van der Waals surface area contributed by atoms with Crippen molar-refractivity contribution in [1.82, 2.24) is 0 Å². The third kappa shape index (κ3) is 3.46. The number of ether oxygens (including phenoxy) is 1. The van der Waals surface area contributed by atoms with Crippen LogP contribution in [0.3, 0.4) is 0 Å². The number of Topliss-reactive ketones (excluding diaryl/α,β-unsaturated/α-hetero) is 1. The summed E-state index contributed by atoms with van der Waals surface area (Å²) < 4.78 is 29.6. The number of carbonyl (C=O) groups is 1. The van der Waals surface area contributed by atoms with Crippen LogP contribution >= 0.6 is 0 Å². The smallest absolute Gasteiger partial charge is 0.185 e. The van der Waals surface area contributed by atoms with Gasteiger partial charge in [-0.2, -0.15) is 0 Å². The summed E-state index contributed by atoms with van der Waals surface area (Å²) in [5, 5.41) is 0. The van der Waals surface area contributed by atoms with Crippen LogP contribution in [0.4, 0.5) is 0 Å². The molecule has 2 rings (SSSR count). The van der Waals surface area contributed by atoms with Gasteiger partial charge in [-0.3, -0.25) is 4.79 Å². The molecule has 0 radical (unpaired) electrons. The van der Waals surface area contributed by atoms with Crippen LogP contribution in [0.5, 0.6) is 0 Å². The molecule has 0 bridgehead atoms. The topological polar surface area (TPSA) is 60.4 Å². The van der Waals surface area contributed by atoms with Gasteiger partial charge < -0.3 is 4.74 Å². The minimum atomic E-state index is -3.54. The zero-order valence-corrected chi connectivity index (χ0v) is 12.7. The highest BCUT2D eigenvalue weighted by molar-refractivity contribution is 7.92. The normalized spacial score (nSPS) is 19.4. The van der Waals surface area contributed by atoms with Crippen LogP contribution in [0.25, 0.3) is 0 Å². The van der Waals surface area contributed by atoms with Gasteiger partial charge in [0.05, 0.1) is 11.5 Å². The second-order valence-electron chi connectivity index (χ2n) is 5.51. The summed E-state index contributed by atoms with van der Waals surface area (Å²) in [7, 11) is -3.54. The van der Waals surface area contributed by atoms with E-state index in [0.717, 1.165) is 5.56 Å². The zero-order chi connectivity index (χ0) is 14.8. The molecule has 110 valence electrons. The Morgan fingerprint density at radius 2 is 1.95 bits per heavy atom. The lowest BCUT2D eigenvalue weighted by Gasteiger charge is -2.09. The monoisotopic (exact) mass is 296 g/mol. The Morgan fingerprint density at radius 3 is 2.45 bits per heavy atom. The van der Waals surface area contributed by atoms with Crippen LogP contribution in [0.1, 0.15) is 31.7 Å². The Bertz CT molecular complexity index is 566. The molecule has 4 nitrogen and oxygen atoms in total. The predicted molar refractivity (Wildman–Crippen MR) is 76.5 cm³/mol. The van der Waals surface area contributed by atoms with Crippen LogP contribution in [0.15, 0.2) is 29.2 Å². The standard InChI is InChI=1S/C15H20O4S/c1-11(2)12-3-5-14(6-4-12)20(17,18)10-15(16)13-7-8-19-9-13/h3-6,11,13H,7-10H2,1-2H3. The molecule has 1 heterocycles. The molecule has 0 aliphatic carbocycles. The van der Waals surface area contributed by atoms with Gasteiger partial charge in [-0.15, -0.1) is 0 Å². The Balaban J connectivity index is 2.11. The molecule has 1 aliphatic rings. The van der Waals surface area contributed by atoms with Crippen molar-refractivity contribution in [2.45, 2.75) is 31.1 Å². The number of ketones is 1. The van der Waals surface area contributed by atoms with Crippen molar-refractivity contribution < 1.29 is 17.9 Å². The van der Waals surface area contributed by atoms with Crippen molar-refractivity contribution in [3.63, 3.8) is 0 Å². The van der Waals surface area contributed by atoms with Gasteiger partial charge in [0.25, 0.3) is 0 Å². The van der Waals surface area contributed by atoms with Gasteiger partial charge in [0, 0.05) is 12.5 Å². The summed E-state index contributed by atoms with van der Waals surface area (Å²) in [5.74, 6) is -0.582. The molecule has 1 aromatic carbocycles. The third-order valence-corrected chi connectivity index (χ3v) is 5.28. The number of carbonyl (C=O) groups excluding carboxylic acids is 1. The van der Waals surface area contributed by atoms with E-state index in [1.165, 1.54) is 0 Å². The maximum absolute atomic E-state index is 12.2. The van der Waals surface area contributed by atoms with Crippen LogP contribution in [0, 0.1) is 5.92 Å². The van der Waals surface area contributed by atoms with E-state index in [1.807, 2.05) is 13.8 Å². The lowest BCUT2D eigenvalue weighted by Crippen LogP contribution is -2.24. The fourth-order valence-electron chi connectivity index (χ4n) is 2.24. The van der Waals surface area contributed by atoms with Gasteiger partial charge in [0.1, 0.15) is 5.75 Å². The van der Waals surface area contributed by atoms with E-state index in [1.54, 1.807) is 24.3 Å². The number of hydrogen-bond donors (Lipinski definition) is 0. The maximum Gasteiger partial charge on any atom is 0.185 e. The Hall–Kier alpha value is -1.20. The van der Waals surface area contributed by atoms with Crippen molar-refractivity contribution in [2.24, 2.45) is 5.92 Å². The maximum atomic E-state index is 12.2. The van der Waals surface area contributed by atoms with Gasteiger partial charge in [-0.1, -0.05) is 26.0 Å². The van der Waals surface area contributed by atoms with E-state index >= 15 is 0 Å². The van der Waals surface area contributed by atoms with Gasteiger partial charge in [0.15, 0.2) is 15.6 Å². The van der Waals surface area contributed by atoms with Crippen LogP contribution in [-0.2, 0) is 19.4 Å². The molecule has 1 aromatic rings. The highest BCUT2D eigenvalue weighted by Crippen LogP contribution is 2.20. The van der Waals surface area contributed by atoms with Gasteiger partial charge in [-0.25, -0.2) is 8.42 Å². The summed E-state index contributed by atoms with van der Waals surface area (Å²) >= 11 is 0. The molecule has 0 spiro atoms. The van der Waals surface area contributed by atoms with E-state index in [9.17, 15) is 13.2 Å². The molecular formula is C15H20O4S. The summed E-state index contributed by atoms with van der Waals surface area (Å²) in [6.07, 6.45) is 0.626. The summed E-state index contributed by atoms with van der Waals surface area (Å²) in [4.78, 5) is 12.2. The summed E-state index contributed by atoms with van der Waals surface area (Å²) in [6, 6.07) is 6.79. The Kier molecular flexibility index (Phi) is 4.60. The van der Waals surface area contributed by atoms with Crippen molar-refractivity contribution in [3.05, 3.63) is 29.8 Å². The fourth-order valence-corrected chi connectivity index (χ4v) is 3.56. The molecule has 0 N–H and O–H groups in total. The summed E-state index contributed by atoms with van der Waals surface area (Å²) in [5.41, 5.74) is 1.08. The molecule has 1 saturated heterocycles. The number of hydrogen-bond acceptors (Lipinski definition) is 4.